The van der Waals surface area contributed by atoms with Crippen LogP contribution < -0.4 is 6.15 Å². The van der Waals surface area contributed by atoms with Crippen molar-refractivity contribution in [1.29, 1.82) is 0 Å². The lowest BCUT2D eigenvalue weighted by atomic mass is 10.3. The number of rotatable bonds is 2. The summed E-state index contributed by atoms with van der Waals surface area (Å²) >= 11 is 0. The van der Waals surface area contributed by atoms with Gasteiger partial charge in [0.25, 0.3) is 0 Å². The van der Waals surface area contributed by atoms with Crippen LogP contribution in [0.25, 0.3) is 0 Å². The van der Waals surface area contributed by atoms with Gasteiger partial charge in [0.15, 0.2) is 9.84 Å². The maximum atomic E-state index is 11.3. The zero-order valence-electron chi connectivity index (χ0n) is 8.25. The number of hydrogen-bond acceptors (Lipinski definition) is 3. The highest BCUT2D eigenvalue weighted by atomic mass is 35.5. The van der Waals surface area contributed by atoms with Gasteiger partial charge in [-0.05, 0) is 27.2 Å². The minimum atomic E-state index is -2.85. The Morgan fingerprint density at radius 3 is 1.58 bits per heavy atom. The van der Waals surface area contributed by atoms with Crippen LogP contribution in [-0.4, -0.2) is 18.9 Å². The van der Waals surface area contributed by atoms with Gasteiger partial charge in [0.2, 0.25) is 0 Å². The SMILES string of the molecule is CCCS(=O)(=O)C(C)(C)C.Cl.N. The first-order valence-electron chi connectivity index (χ1n) is 3.53. The first-order chi connectivity index (χ1) is 4.31. The van der Waals surface area contributed by atoms with E-state index in [1.807, 2.05) is 6.92 Å². The molecule has 5 heteroatoms. The van der Waals surface area contributed by atoms with E-state index >= 15 is 0 Å². The first kappa shape index (κ1) is 18.1. The summed E-state index contributed by atoms with van der Waals surface area (Å²) in [5.41, 5.74) is 0. The second-order valence-corrected chi connectivity index (χ2v) is 6.29. The monoisotopic (exact) mass is 217 g/mol. The summed E-state index contributed by atoms with van der Waals surface area (Å²) in [5.74, 6) is 0.302. The molecule has 0 unspecified atom stereocenters. The molecule has 0 bridgehead atoms. The minimum Gasteiger partial charge on any atom is -0.344 e. The molecule has 0 fully saturated rings. The largest absolute Gasteiger partial charge is 0.344 e. The topological polar surface area (TPSA) is 69.1 Å². The Bertz CT molecular complexity index is 194. The summed E-state index contributed by atoms with van der Waals surface area (Å²) in [6, 6.07) is 0. The Morgan fingerprint density at radius 1 is 1.17 bits per heavy atom. The molecular formula is C7H20ClNO2S. The van der Waals surface area contributed by atoms with E-state index in [0.29, 0.717) is 12.2 Å². The van der Waals surface area contributed by atoms with E-state index in [2.05, 4.69) is 0 Å². The van der Waals surface area contributed by atoms with Gasteiger partial charge in [0.05, 0.1) is 10.5 Å². The van der Waals surface area contributed by atoms with Crippen LogP contribution in [0.4, 0.5) is 0 Å². The van der Waals surface area contributed by atoms with Crippen LogP contribution >= 0.6 is 12.4 Å². The van der Waals surface area contributed by atoms with E-state index in [0.717, 1.165) is 0 Å². The van der Waals surface area contributed by atoms with E-state index in [4.69, 9.17) is 0 Å². The van der Waals surface area contributed by atoms with Crippen LogP contribution in [0.1, 0.15) is 34.1 Å². The molecule has 0 aliphatic heterocycles. The van der Waals surface area contributed by atoms with Crippen LogP contribution in [0, 0.1) is 0 Å². The van der Waals surface area contributed by atoms with E-state index in [1.165, 1.54) is 0 Å². The lowest BCUT2D eigenvalue weighted by Crippen LogP contribution is -2.30. The second kappa shape index (κ2) is 5.78. The molecule has 3 N–H and O–H groups in total. The van der Waals surface area contributed by atoms with E-state index in [9.17, 15) is 8.42 Å². The van der Waals surface area contributed by atoms with Crippen LogP contribution in [0.15, 0.2) is 0 Å². The minimum absolute atomic E-state index is 0. The standard InChI is InChI=1S/C7H16O2S.ClH.H3N/c1-5-6-10(8,9)7(2,3)4;;/h5-6H2,1-4H3;1H;1H3. The Balaban J connectivity index is -0.000000405. The van der Waals surface area contributed by atoms with Crippen LogP contribution in [-0.2, 0) is 9.84 Å². The molecule has 0 aromatic carbocycles. The molecule has 0 aliphatic carbocycles. The Morgan fingerprint density at radius 2 is 1.50 bits per heavy atom. The quantitative estimate of drug-likeness (QED) is 0.771. The number of halogens is 1. The number of sulfone groups is 1. The Kier molecular flexibility index (Phi) is 8.71. The third-order valence-corrected chi connectivity index (χ3v) is 4.22. The predicted molar refractivity (Wildman–Crippen MR) is 56.1 cm³/mol. The highest BCUT2D eigenvalue weighted by Crippen LogP contribution is 2.16. The third-order valence-electron chi connectivity index (χ3n) is 1.41. The summed E-state index contributed by atoms with van der Waals surface area (Å²) < 4.78 is 21.9. The maximum Gasteiger partial charge on any atom is 0.155 e. The van der Waals surface area contributed by atoms with Gasteiger partial charge in [0.1, 0.15) is 0 Å². The van der Waals surface area contributed by atoms with Gasteiger partial charge in [-0.25, -0.2) is 8.42 Å². The van der Waals surface area contributed by atoms with Crippen LogP contribution in [0.3, 0.4) is 0 Å². The van der Waals surface area contributed by atoms with E-state index in [1.54, 1.807) is 20.8 Å². The summed E-state index contributed by atoms with van der Waals surface area (Å²) in [4.78, 5) is 0. The van der Waals surface area contributed by atoms with Crippen molar-refractivity contribution < 1.29 is 8.42 Å². The van der Waals surface area contributed by atoms with Gasteiger partial charge in [-0.3, -0.25) is 0 Å². The molecule has 0 aliphatic rings. The van der Waals surface area contributed by atoms with Gasteiger partial charge < -0.3 is 6.15 Å². The molecule has 0 spiro atoms. The molecule has 12 heavy (non-hydrogen) atoms. The van der Waals surface area contributed by atoms with E-state index < -0.39 is 14.6 Å². The number of hydrogen-bond donors (Lipinski definition) is 1. The summed E-state index contributed by atoms with van der Waals surface area (Å²) in [6.45, 7) is 7.08. The molecular weight excluding hydrogens is 198 g/mol. The molecule has 0 saturated carbocycles. The molecule has 0 aromatic rings. The van der Waals surface area contributed by atoms with Gasteiger partial charge in [-0.15, -0.1) is 12.4 Å². The fraction of sp³-hybridized carbons (Fsp3) is 1.00. The smallest absolute Gasteiger partial charge is 0.155 e. The Hall–Kier alpha value is 0.200. The van der Waals surface area contributed by atoms with Gasteiger partial charge >= 0.3 is 0 Å². The summed E-state index contributed by atoms with van der Waals surface area (Å²) in [7, 11) is -2.85. The first-order valence-corrected chi connectivity index (χ1v) is 5.19. The van der Waals surface area contributed by atoms with Gasteiger partial charge in [-0.1, -0.05) is 6.92 Å². The summed E-state index contributed by atoms with van der Waals surface area (Å²) in [6.07, 6.45) is 0.708. The lowest BCUT2D eigenvalue weighted by molar-refractivity contribution is 0.559. The molecule has 0 aromatic heterocycles. The predicted octanol–water partition coefficient (Wildman–Crippen LogP) is 2.19. The van der Waals surface area contributed by atoms with Gasteiger partial charge in [-0.2, -0.15) is 0 Å². The van der Waals surface area contributed by atoms with Crippen molar-refractivity contribution >= 4 is 22.2 Å². The van der Waals surface area contributed by atoms with Crippen LogP contribution in [0.5, 0.6) is 0 Å². The Labute approximate surface area is 81.8 Å². The highest BCUT2D eigenvalue weighted by Gasteiger charge is 2.27. The van der Waals surface area contributed by atoms with Crippen LogP contribution in [0.2, 0.25) is 0 Å². The zero-order chi connectivity index (χ0) is 8.41. The molecule has 3 nitrogen and oxygen atoms in total. The average Bonchev–Trinajstić information content (AvgIpc) is 1.61. The molecule has 0 heterocycles. The molecule has 78 valence electrons. The average molecular weight is 218 g/mol. The van der Waals surface area contributed by atoms with Crippen molar-refractivity contribution in [2.75, 3.05) is 5.75 Å². The summed E-state index contributed by atoms with van der Waals surface area (Å²) in [5, 5.41) is 0. The molecule has 0 radical (unpaired) electrons. The molecule has 0 rings (SSSR count). The second-order valence-electron chi connectivity index (χ2n) is 3.43. The van der Waals surface area contributed by atoms with E-state index in [-0.39, 0.29) is 18.6 Å². The maximum absolute atomic E-state index is 11.3. The van der Waals surface area contributed by atoms with Crippen molar-refractivity contribution in [3.63, 3.8) is 0 Å². The van der Waals surface area contributed by atoms with Crippen molar-refractivity contribution in [3.8, 4) is 0 Å². The van der Waals surface area contributed by atoms with Crippen molar-refractivity contribution in [2.24, 2.45) is 0 Å². The fourth-order valence-electron chi connectivity index (χ4n) is 0.575. The van der Waals surface area contributed by atoms with Gasteiger partial charge in [0, 0.05) is 0 Å². The highest BCUT2D eigenvalue weighted by molar-refractivity contribution is 7.92. The fourth-order valence-corrected chi connectivity index (χ4v) is 1.72. The van der Waals surface area contributed by atoms with Crippen molar-refractivity contribution in [2.45, 2.75) is 38.9 Å². The van der Waals surface area contributed by atoms with Crippen molar-refractivity contribution in [3.05, 3.63) is 0 Å². The molecule has 0 atom stereocenters. The molecule has 0 saturated heterocycles. The lowest BCUT2D eigenvalue weighted by Gasteiger charge is -2.17. The third kappa shape index (κ3) is 4.95. The normalized spacial score (nSPS) is 11.3. The molecule has 0 amide bonds. The van der Waals surface area contributed by atoms with Crippen molar-refractivity contribution in [1.82, 2.24) is 6.15 Å². The zero-order valence-corrected chi connectivity index (χ0v) is 9.89.